The Morgan fingerprint density at radius 1 is 1.24 bits per heavy atom. The minimum absolute atomic E-state index is 0.352. The van der Waals surface area contributed by atoms with Gasteiger partial charge < -0.3 is 5.73 Å². The molecule has 0 amide bonds. The third kappa shape index (κ3) is 3.18. The van der Waals surface area contributed by atoms with E-state index in [1.807, 2.05) is 0 Å². The maximum Gasteiger partial charge on any atom is 0.0332 e. The molecule has 2 N–H and O–H groups in total. The van der Waals surface area contributed by atoms with Crippen LogP contribution >= 0.6 is 11.8 Å². The summed E-state index contributed by atoms with van der Waals surface area (Å²) in [5.74, 6) is 3.57. The fraction of sp³-hybridized carbons (Fsp3) is 1.00. The third-order valence-corrected chi connectivity index (χ3v) is 5.85. The molecule has 1 saturated carbocycles. The van der Waals surface area contributed by atoms with Crippen molar-refractivity contribution >= 4 is 11.8 Å². The molecule has 1 saturated heterocycles. The van der Waals surface area contributed by atoms with E-state index in [9.17, 15) is 0 Å². The predicted octanol–water partition coefficient (Wildman–Crippen LogP) is 2.72. The average molecular weight is 256 g/mol. The molecule has 100 valence electrons. The number of nitrogens with zero attached hydrogens (tertiary/aromatic N) is 1. The smallest absolute Gasteiger partial charge is 0.0332 e. The summed E-state index contributed by atoms with van der Waals surface area (Å²) in [5, 5.41) is 0. The summed E-state index contributed by atoms with van der Waals surface area (Å²) in [6, 6.07) is 0. The van der Waals surface area contributed by atoms with Crippen LogP contribution in [0.15, 0.2) is 0 Å². The summed E-state index contributed by atoms with van der Waals surface area (Å²) < 4.78 is 0. The maximum absolute atomic E-state index is 6.18. The second-order valence-corrected chi connectivity index (χ2v) is 6.96. The fourth-order valence-electron chi connectivity index (χ4n) is 3.56. The number of thioether (sulfide) groups is 1. The van der Waals surface area contributed by atoms with Gasteiger partial charge in [0.2, 0.25) is 0 Å². The van der Waals surface area contributed by atoms with Crippen LogP contribution in [0.3, 0.4) is 0 Å². The van der Waals surface area contributed by atoms with Gasteiger partial charge in [0.1, 0.15) is 0 Å². The predicted molar refractivity (Wildman–Crippen MR) is 77.5 cm³/mol. The maximum atomic E-state index is 6.18. The van der Waals surface area contributed by atoms with Crippen LogP contribution in [0.1, 0.15) is 45.4 Å². The Kier molecular flexibility index (Phi) is 5.19. The molecule has 1 aliphatic heterocycles. The van der Waals surface area contributed by atoms with E-state index in [2.05, 4.69) is 23.6 Å². The summed E-state index contributed by atoms with van der Waals surface area (Å²) in [6.45, 7) is 5.74. The van der Waals surface area contributed by atoms with Gasteiger partial charge in [0.15, 0.2) is 0 Å². The molecular weight excluding hydrogens is 228 g/mol. The zero-order valence-electron chi connectivity index (χ0n) is 11.3. The van der Waals surface area contributed by atoms with E-state index in [0.29, 0.717) is 5.54 Å². The minimum atomic E-state index is 0.352. The van der Waals surface area contributed by atoms with E-state index in [1.165, 1.54) is 63.1 Å². The second-order valence-electron chi connectivity index (χ2n) is 5.73. The highest BCUT2D eigenvalue weighted by Crippen LogP contribution is 2.36. The number of hydrogen-bond acceptors (Lipinski definition) is 3. The van der Waals surface area contributed by atoms with Gasteiger partial charge in [-0.2, -0.15) is 11.8 Å². The third-order valence-electron chi connectivity index (χ3n) is 4.91. The first-order valence-corrected chi connectivity index (χ1v) is 8.49. The molecule has 2 unspecified atom stereocenters. The molecule has 0 radical (unpaired) electrons. The van der Waals surface area contributed by atoms with Gasteiger partial charge in [-0.15, -0.1) is 0 Å². The lowest BCUT2D eigenvalue weighted by Gasteiger charge is -2.45. The van der Waals surface area contributed by atoms with Crippen LogP contribution < -0.4 is 5.73 Å². The Balaban J connectivity index is 2.01. The first-order chi connectivity index (χ1) is 8.30. The molecular formula is C14H28N2S. The van der Waals surface area contributed by atoms with Gasteiger partial charge in [-0.1, -0.05) is 26.2 Å². The summed E-state index contributed by atoms with van der Waals surface area (Å²) in [5.41, 5.74) is 6.53. The molecule has 2 aliphatic rings. The van der Waals surface area contributed by atoms with Crippen molar-refractivity contribution in [2.45, 2.75) is 51.0 Å². The zero-order chi connectivity index (χ0) is 12.1. The quantitative estimate of drug-likeness (QED) is 0.787. The van der Waals surface area contributed by atoms with Crippen molar-refractivity contribution in [2.75, 3.05) is 31.1 Å². The van der Waals surface area contributed by atoms with Gasteiger partial charge >= 0.3 is 0 Å². The van der Waals surface area contributed by atoms with Crippen molar-refractivity contribution in [3.63, 3.8) is 0 Å². The van der Waals surface area contributed by atoms with E-state index in [1.54, 1.807) is 0 Å². The highest BCUT2D eigenvalue weighted by molar-refractivity contribution is 7.99. The topological polar surface area (TPSA) is 29.3 Å². The number of nitrogens with two attached hydrogens (primary N) is 1. The summed E-state index contributed by atoms with van der Waals surface area (Å²) in [6.07, 6.45) is 8.26. The van der Waals surface area contributed by atoms with E-state index in [-0.39, 0.29) is 0 Å². The molecule has 17 heavy (non-hydrogen) atoms. The summed E-state index contributed by atoms with van der Waals surface area (Å²) in [4.78, 5) is 2.72. The lowest BCUT2D eigenvalue weighted by Crippen LogP contribution is -2.56. The molecule has 0 bridgehead atoms. The SMILES string of the molecule is CCC1CCCC(CN)(N2CCSCC2)CC1. The number of rotatable bonds is 3. The lowest BCUT2D eigenvalue weighted by atomic mass is 9.87. The van der Waals surface area contributed by atoms with Crippen molar-refractivity contribution in [2.24, 2.45) is 11.7 Å². The molecule has 0 aromatic heterocycles. The Labute approximate surface area is 111 Å². The van der Waals surface area contributed by atoms with Crippen molar-refractivity contribution in [1.29, 1.82) is 0 Å². The normalized spacial score (nSPS) is 36.7. The van der Waals surface area contributed by atoms with E-state index in [4.69, 9.17) is 5.73 Å². The van der Waals surface area contributed by atoms with Crippen LogP contribution in [0, 0.1) is 5.92 Å². The molecule has 1 heterocycles. The minimum Gasteiger partial charge on any atom is -0.329 e. The van der Waals surface area contributed by atoms with Crippen LogP contribution in [0.5, 0.6) is 0 Å². The Bertz CT molecular complexity index is 228. The van der Waals surface area contributed by atoms with Crippen LogP contribution in [-0.2, 0) is 0 Å². The average Bonchev–Trinajstić information content (AvgIpc) is 2.62. The van der Waals surface area contributed by atoms with Crippen molar-refractivity contribution in [3.8, 4) is 0 Å². The van der Waals surface area contributed by atoms with Crippen LogP contribution in [-0.4, -0.2) is 41.6 Å². The largest absolute Gasteiger partial charge is 0.329 e. The van der Waals surface area contributed by atoms with Crippen molar-refractivity contribution < 1.29 is 0 Å². The molecule has 1 aliphatic carbocycles. The Morgan fingerprint density at radius 2 is 2.00 bits per heavy atom. The van der Waals surface area contributed by atoms with Crippen LogP contribution in [0.2, 0.25) is 0 Å². The van der Waals surface area contributed by atoms with Gasteiger partial charge in [0, 0.05) is 36.7 Å². The molecule has 0 aromatic carbocycles. The highest BCUT2D eigenvalue weighted by Gasteiger charge is 2.37. The molecule has 2 atom stereocenters. The summed E-state index contributed by atoms with van der Waals surface area (Å²) >= 11 is 2.10. The van der Waals surface area contributed by atoms with Crippen molar-refractivity contribution in [3.05, 3.63) is 0 Å². The first-order valence-electron chi connectivity index (χ1n) is 7.33. The van der Waals surface area contributed by atoms with E-state index in [0.717, 1.165) is 12.5 Å². The molecule has 0 aromatic rings. The Hall–Kier alpha value is 0.270. The van der Waals surface area contributed by atoms with Gasteiger partial charge in [0.05, 0.1) is 0 Å². The molecule has 2 rings (SSSR count). The van der Waals surface area contributed by atoms with Crippen LogP contribution in [0.25, 0.3) is 0 Å². The standard InChI is InChI=1S/C14H28N2S/c1-2-13-4-3-6-14(12-15,7-5-13)16-8-10-17-11-9-16/h13H,2-12,15H2,1H3. The molecule has 3 heteroatoms. The van der Waals surface area contributed by atoms with Gasteiger partial charge in [-0.3, -0.25) is 4.90 Å². The van der Waals surface area contributed by atoms with Crippen molar-refractivity contribution in [1.82, 2.24) is 4.90 Å². The molecule has 2 nitrogen and oxygen atoms in total. The first kappa shape index (κ1) is 13.7. The molecule has 0 spiro atoms. The van der Waals surface area contributed by atoms with Gasteiger partial charge in [0.25, 0.3) is 0 Å². The highest BCUT2D eigenvalue weighted by atomic mass is 32.2. The fourth-order valence-corrected chi connectivity index (χ4v) is 4.46. The monoisotopic (exact) mass is 256 g/mol. The van der Waals surface area contributed by atoms with Crippen LogP contribution in [0.4, 0.5) is 0 Å². The number of hydrogen-bond donors (Lipinski definition) is 1. The Morgan fingerprint density at radius 3 is 2.65 bits per heavy atom. The van der Waals surface area contributed by atoms with Gasteiger partial charge in [-0.25, -0.2) is 0 Å². The lowest BCUT2D eigenvalue weighted by molar-refractivity contribution is 0.0880. The van der Waals surface area contributed by atoms with E-state index >= 15 is 0 Å². The molecule has 2 fully saturated rings. The van der Waals surface area contributed by atoms with Gasteiger partial charge in [-0.05, 0) is 25.2 Å². The summed E-state index contributed by atoms with van der Waals surface area (Å²) in [7, 11) is 0. The van der Waals surface area contributed by atoms with E-state index < -0.39 is 0 Å². The zero-order valence-corrected chi connectivity index (χ0v) is 12.1. The second kappa shape index (κ2) is 6.44.